The Bertz CT molecular complexity index is 805. The van der Waals surface area contributed by atoms with Crippen molar-refractivity contribution >= 4 is 34.2 Å². The van der Waals surface area contributed by atoms with Gasteiger partial charge in [0.2, 0.25) is 0 Å². The first kappa shape index (κ1) is 15.7. The summed E-state index contributed by atoms with van der Waals surface area (Å²) in [5, 5.41) is 1.74. The van der Waals surface area contributed by atoms with Gasteiger partial charge in [-0.05, 0) is 12.1 Å². The van der Waals surface area contributed by atoms with Gasteiger partial charge in [0.15, 0.2) is 0 Å². The second-order valence-electron chi connectivity index (χ2n) is 5.00. The Kier molecular flexibility index (Phi) is 4.76. The summed E-state index contributed by atoms with van der Waals surface area (Å²) >= 11 is 6.96. The van der Waals surface area contributed by atoms with Crippen LogP contribution in [-0.4, -0.2) is 5.91 Å². The summed E-state index contributed by atoms with van der Waals surface area (Å²) in [6.07, 6.45) is -2.65. The molecule has 0 heterocycles. The van der Waals surface area contributed by atoms with Crippen molar-refractivity contribution in [3.8, 4) is 0 Å². The molecule has 0 bridgehead atoms. The van der Waals surface area contributed by atoms with E-state index in [4.69, 9.17) is 11.2 Å². The fourth-order valence-corrected chi connectivity index (χ4v) is 5.19. The fourth-order valence-electron chi connectivity index (χ4n) is 2.28. The molecule has 0 saturated carbocycles. The van der Waals surface area contributed by atoms with Crippen molar-refractivity contribution < 1.29 is 4.79 Å². The summed E-state index contributed by atoms with van der Waals surface area (Å²) < 4.78 is 4.46. The molecule has 3 aromatic rings. The molecule has 0 aromatic heterocycles. The van der Waals surface area contributed by atoms with Crippen LogP contribution in [0, 0.1) is 0 Å². The molecule has 0 N–H and O–H groups in total. The molecule has 0 saturated heterocycles. The third-order valence-electron chi connectivity index (χ3n) is 3.45. The number of amides is 1. The Morgan fingerprint density at radius 3 is 1.52 bits per heavy atom. The standard InChI is InChI=1S/C19H15ClNOP/c20-23(17-12-6-2-7-13-17,18-14-8-3-9-15-18)21-19(22)16-10-4-1-5-11-16/h1-15H. The van der Waals surface area contributed by atoms with E-state index in [0.29, 0.717) is 5.56 Å². The van der Waals surface area contributed by atoms with Crippen LogP contribution < -0.4 is 10.6 Å². The molecular weight excluding hydrogens is 325 g/mol. The molecule has 114 valence electrons. The van der Waals surface area contributed by atoms with E-state index < -0.39 is 6.41 Å². The second-order valence-corrected chi connectivity index (χ2v) is 8.81. The predicted octanol–water partition coefficient (Wildman–Crippen LogP) is 4.83. The van der Waals surface area contributed by atoms with Gasteiger partial charge in [-0.2, -0.15) is 0 Å². The smallest absolute Gasteiger partial charge is 0.267 e. The van der Waals surface area contributed by atoms with E-state index in [2.05, 4.69) is 4.74 Å². The Balaban J connectivity index is 2.17. The van der Waals surface area contributed by atoms with Crippen molar-refractivity contribution in [3.05, 3.63) is 96.6 Å². The quantitative estimate of drug-likeness (QED) is 0.628. The molecule has 0 aliphatic rings. The Labute approximate surface area is 140 Å². The topological polar surface area (TPSA) is 29.4 Å². The van der Waals surface area contributed by atoms with Crippen molar-refractivity contribution in [2.45, 2.75) is 0 Å². The van der Waals surface area contributed by atoms with Gasteiger partial charge in [0.05, 0.1) is 0 Å². The van der Waals surface area contributed by atoms with Crippen LogP contribution in [0.4, 0.5) is 0 Å². The molecule has 23 heavy (non-hydrogen) atoms. The maximum atomic E-state index is 12.6. The average molecular weight is 340 g/mol. The van der Waals surface area contributed by atoms with Crippen LogP contribution in [-0.2, 0) is 0 Å². The molecule has 0 aliphatic carbocycles. The molecule has 0 aliphatic heterocycles. The average Bonchev–Trinajstić information content (AvgIpc) is 2.64. The minimum Gasteiger partial charge on any atom is -0.267 e. The summed E-state index contributed by atoms with van der Waals surface area (Å²) in [6, 6.07) is 28.2. The van der Waals surface area contributed by atoms with E-state index in [0.717, 1.165) is 10.6 Å². The van der Waals surface area contributed by atoms with Gasteiger partial charge >= 0.3 is 0 Å². The number of carbonyl (C=O) groups is 1. The van der Waals surface area contributed by atoms with Gasteiger partial charge in [-0.25, -0.2) is 4.74 Å². The third-order valence-corrected chi connectivity index (χ3v) is 7.27. The third kappa shape index (κ3) is 3.44. The number of carbonyl (C=O) groups excluding carboxylic acids is 1. The normalized spacial score (nSPS) is 11.0. The zero-order valence-corrected chi connectivity index (χ0v) is 14.0. The zero-order valence-electron chi connectivity index (χ0n) is 12.3. The first-order chi connectivity index (χ1) is 11.2. The Morgan fingerprint density at radius 1 is 0.696 bits per heavy atom. The minimum atomic E-state index is -2.65. The van der Waals surface area contributed by atoms with Crippen molar-refractivity contribution in [3.63, 3.8) is 0 Å². The van der Waals surface area contributed by atoms with E-state index in [1.54, 1.807) is 12.1 Å². The zero-order chi connectivity index (χ0) is 16.1. The highest BCUT2D eigenvalue weighted by molar-refractivity contribution is 8.02. The lowest BCUT2D eigenvalue weighted by Crippen LogP contribution is -2.13. The molecule has 1 amide bonds. The summed E-state index contributed by atoms with van der Waals surface area (Å²) in [6.45, 7) is 0. The van der Waals surface area contributed by atoms with Crippen molar-refractivity contribution in [1.82, 2.24) is 0 Å². The first-order valence-electron chi connectivity index (χ1n) is 7.23. The van der Waals surface area contributed by atoms with Crippen LogP contribution in [0.5, 0.6) is 0 Å². The highest BCUT2D eigenvalue weighted by Crippen LogP contribution is 2.52. The molecule has 0 atom stereocenters. The summed E-state index contributed by atoms with van der Waals surface area (Å²) in [5.41, 5.74) is 0.546. The highest BCUT2D eigenvalue weighted by Gasteiger charge is 2.23. The van der Waals surface area contributed by atoms with Gasteiger partial charge in [-0.1, -0.05) is 90.1 Å². The lowest BCUT2D eigenvalue weighted by Gasteiger charge is -2.17. The van der Waals surface area contributed by atoms with Crippen LogP contribution in [0.25, 0.3) is 0 Å². The lowest BCUT2D eigenvalue weighted by atomic mass is 10.2. The highest BCUT2D eigenvalue weighted by atomic mass is 35.7. The van der Waals surface area contributed by atoms with Crippen LogP contribution in [0.2, 0.25) is 0 Å². The number of halogens is 1. The monoisotopic (exact) mass is 339 g/mol. The number of nitrogens with zero attached hydrogens (tertiary/aromatic N) is 1. The molecule has 0 unspecified atom stereocenters. The molecule has 3 aromatic carbocycles. The number of hydrogen-bond donors (Lipinski definition) is 0. The van der Waals surface area contributed by atoms with Gasteiger partial charge in [0.25, 0.3) is 5.91 Å². The minimum absolute atomic E-state index is 0.290. The van der Waals surface area contributed by atoms with Gasteiger partial charge in [0.1, 0.15) is 6.41 Å². The van der Waals surface area contributed by atoms with E-state index in [1.807, 2.05) is 78.9 Å². The van der Waals surface area contributed by atoms with Crippen LogP contribution >= 0.6 is 17.6 Å². The number of hydrogen-bond acceptors (Lipinski definition) is 1. The number of rotatable bonds is 3. The van der Waals surface area contributed by atoms with Crippen molar-refractivity contribution in [2.75, 3.05) is 0 Å². The van der Waals surface area contributed by atoms with E-state index in [-0.39, 0.29) is 5.91 Å². The van der Waals surface area contributed by atoms with Crippen LogP contribution in [0.15, 0.2) is 95.7 Å². The van der Waals surface area contributed by atoms with Gasteiger partial charge in [-0.3, -0.25) is 4.79 Å². The maximum absolute atomic E-state index is 12.6. The van der Waals surface area contributed by atoms with Crippen LogP contribution in [0.1, 0.15) is 10.4 Å². The molecule has 3 rings (SSSR count). The van der Waals surface area contributed by atoms with Crippen molar-refractivity contribution in [2.24, 2.45) is 4.74 Å². The largest absolute Gasteiger partial charge is 0.277 e. The molecule has 0 radical (unpaired) electrons. The Morgan fingerprint density at radius 2 is 1.09 bits per heavy atom. The number of benzene rings is 3. The molecule has 0 spiro atoms. The molecular formula is C19H15ClNOP. The second kappa shape index (κ2) is 6.95. The van der Waals surface area contributed by atoms with Gasteiger partial charge in [0, 0.05) is 16.2 Å². The van der Waals surface area contributed by atoms with Crippen LogP contribution in [0.3, 0.4) is 0 Å². The summed E-state index contributed by atoms with van der Waals surface area (Å²) in [5.74, 6) is -0.290. The van der Waals surface area contributed by atoms with Gasteiger partial charge < -0.3 is 0 Å². The Hall–Kier alpha value is -2.15. The predicted molar refractivity (Wildman–Crippen MR) is 98.1 cm³/mol. The maximum Gasteiger partial charge on any atom is 0.277 e. The van der Waals surface area contributed by atoms with Gasteiger partial charge in [-0.15, -0.1) is 0 Å². The molecule has 4 heteroatoms. The molecule has 2 nitrogen and oxygen atoms in total. The fraction of sp³-hybridized carbons (Fsp3) is 0. The van der Waals surface area contributed by atoms with E-state index in [1.165, 1.54) is 0 Å². The SMILES string of the molecule is O=C(N=P(Cl)(c1ccccc1)c1ccccc1)c1ccccc1. The molecule has 0 fully saturated rings. The van der Waals surface area contributed by atoms with E-state index >= 15 is 0 Å². The lowest BCUT2D eigenvalue weighted by molar-refractivity contribution is 0.100. The summed E-state index contributed by atoms with van der Waals surface area (Å²) in [4.78, 5) is 12.6. The first-order valence-corrected chi connectivity index (χ1v) is 9.87. The van der Waals surface area contributed by atoms with E-state index in [9.17, 15) is 4.79 Å². The van der Waals surface area contributed by atoms with Crippen molar-refractivity contribution in [1.29, 1.82) is 0 Å². The summed E-state index contributed by atoms with van der Waals surface area (Å²) in [7, 11) is 0.